The van der Waals surface area contributed by atoms with Gasteiger partial charge in [0, 0.05) is 30.4 Å². The van der Waals surface area contributed by atoms with E-state index in [-0.39, 0.29) is 12.1 Å². The molecule has 2 N–H and O–H groups in total. The second kappa shape index (κ2) is 8.40. The number of anilines is 1. The van der Waals surface area contributed by atoms with Crippen LogP contribution in [0.4, 0.5) is 5.69 Å². The van der Waals surface area contributed by atoms with E-state index in [0.29, 0.717) is 6.04 Å². The average Bonchev–Trinajstić information content (AvgIpc) is 2.44. The smallest absolute Gasteiger partial charge is 0.0610 e. The third-order valence-corrected chi connectivity index (χ3v) is 3.98. The molecule has 1 rings (SSSR count). The van der Waals surface area contributed by atoms with E-state index in [1.54, 1.807) is 0 Å². The summed E-state index contributed by atoms with van der Waals surface area (Å²) in [5.74, 6) is 0. The highest BCUT2D eigenvalue weighted by atomic mass is 16.3. The van der Waals surface area contributed by atoms with Gasteiger partial charge in [-0.05, 0) is 45.2 Å². The Hall–Kier alpha value is -1.06. The Morgan fingerprint density at radius 2 is 1.95 bits per heavy atom. The Morgan fingerprint density at radius 1 is 1.29 bits per heavy atom. The molecule has 0 radical (unpaired) electrons. The molecule has 1 atom stereocenters. The molecule has 0 aliphatic heterocycles. The highest BCUT2D eigenvalue weighted by Gasteiger charge is 2.23. The molecule has 1 unspecified atom stereocenters. The van der Waals surface area contributed by atoms with Crippen molar-refractivity contribution in [2.24, 2.45) is 0 Å². The van der Waals surface area contributed by atoms with Crippen LogP contribution < -0.4 is 10.2 Å². The van der Waals surface area contributed by atoms with Crippen molar-refractivity contribution >= 4 is 5.69 Å². The van der Waals surface area contributed by atoms with E-state index in [4.69, 9.17) is 0 Å². The van der Waals surface area contributed by atoms with Gasteiger partial charge in [-0.15, -0.1) is 0 Å². The minimum absolute atomic E-state index is 0.181. The van der Waals surface area contributed by atoms with Crippen molar-refractivity contribution in [2.75, 3.05) is 24.6 Å². The molecule has 1 aromatic carbocycles. The molecule has 0 spiro atoms. The van der Waals surface area contributed by atoms with Gasteiger partial charge in [-0.3, -0.25) is 0 Å². The van der Waals surface area contributed by atoms with E-state index in [9.17, 15) is 5.11 Å². The quantitative estimate of drug-likeness (QED) is 0.732. The Bertz CT molecular complexity index is 419. The van der Waals surface area contributed by atoms with Crippen LogP contribution in [-0.2, 0) is 0 Å². The zero-order valence-electron chi connectivity index (χ0n) is 14.3. The summed E-state index contributed by atoms with van der Waals surface area (Å²) in [7, 11) is 0. The third kappa shape index (κ3) is 5.68. The van der Waals surface area contributed by atoms with Gasteiger partial charge in [-0.2, -0.15) is 0 Å². The van der Waals surface area contributed by atoms with Crippen LogP contribution in [0.5, 0.6) is 0 Å². The normalized spacial score (nSPS) is 14.2. The van der Waals surface area contributed by atoms with Crippen LogP contribution in [0.1, 0.15) is 46.1 Å². The zero-order chi connectivity index (χ0) is 15.9. The first-order chi connectivity index (χ1) is 9.91. The lowest BCUT2D eigenvalue weighted by Gasteiger charge is -2.33. The Labute approximate surface area is 130 Å². The van der Waals surface area contributed by atoms with E-state index in [0.717, 1.165) is 25.9 Å². The number of nitrogens with zero attached hydrogens (tertiary/aromatic N) is 1. The summed E-state index contributed by atoms with van der Waals surface area (Å²) in [6.07, 6.45) is 2.04. The fraction of sp³-hybridized carbons (Fsp3) is 0.667. The molecule has 0 bridgehead atoms. The minimum atomic E-state index is -0.181. The average molecular weight is 292 g/mol. The molecule has 0 aliphatic rings. The molecule has 0 saturated carbocycles. The predicted molar refractivity (Wildman–Crippen MR) is 92.1 cm³/mol. The number of hydrogen-bond donors (Lipinski definition) is 2. The number of benzene rings is 1. The van der Waals surface area contributed by atoms with Crippen LogP contribution in [-0.4, -0.2) is 36.4 Å². The second-order valence-corrected chi connectivity index (χ2v) is 6.49. The Morgan fingerprint density at radius 3 is 2.48 bits per heavy atom. The fourth-order valence-electron chi connectivity index (χ4n) is 2.92. The van der Waals surface area contributed by atoms with Crippen LogP contribution in [0, 0.1) is 6.92 Å². The van der Waals surface area contributed by atoms with Gasteiger partial charge in [-0.25, -0.2) is 0 Å². The first kappa shape index (κ1) is 18.0. The van der Waals surface area contributed by atoms with Gasteiger partial charge in [0.15, 0.2) is 0 Å². The first-order valence-electron chi connectivity index (χ1n) is 8.11. The van der Waals surface area contributed by atoms with Crippen LogP contribution in [0.3, 0.4) is 0 Å². The summed E-state index contributed by atoms with van der Waals surface area (Å²) < 4.78 is 0. The molecular formula is C18H32N2O. The zero-order valence-corrected chi connectivity index (χ0v) is 14.3. The van der Waals surface area contributed by atoms with Gasteiger partial charge in [0.05, 0.1) is 6.61 Å². The summed E-state index contributed by atoms with van der Waals surface area (Å²) in [6, 6.07) is 8.93. The highest BCUT2D eigenvalue weighted by molar-refractivity contribution is 5.52. The predicted octanol–water partition coefficient (Wildman–Crippen LogP) is 3.35. The summed E-state index contributed by atoms with van der Waals surface area (Å²) in [6.45, 7) is 12.9. The molecular weight excluding hydrogens is 260 g/mol. The largest absolute Gasteiger partial charge is 0.394 e. The SMILES string of the molecule is CCN(CCCC(C)(CO)NC(C)C)c1ccccc1C. The number of para-hydroxylation sites is 1. The lowest BCUT2D eigenvalue weighted by molar-refractivity contribution is 0.155. The van der Waals surface area contributed by atoms with Crippen molar-refractivity contribution < 1.29 is 5.11 Å². The van der Waals surface area contributed by atoms with Crippen molar-refractivity contribution in [3.63, 3.8) is 0 Å². The molecule has 0 saturated heterocycles. The van der Waals surface area contributed by atoms with Gasteiger partial charge in [-0.1, -0.05) is 32.0 Å². The number of aryl methyl sites for hydroxylation is 1. The maximum Gasteiger partial charge on any atom is 0.0610 e. The first-order valence-corrected chi connectivity index (χ1v) is 8.11. The number of rotatable bonds is 9. The number of aliphatic hydroxyl groups is 1. The van der Waals surface area contributed by atoms with Gasteiger partial charge in [0.25, 0.3) is 0 Å². The lowest BCUT2D eigenvalue weighted by atomic mass is 9.95. The van der Waals surface area contributed by atoms with Gasteiger partial charge >= 0.3 is 0 Å². The molecule has 0 heterocycles. The summed E-state index contributed by atoms with van der Waals surface area (Å²) >= 11 is 0. The van der Waals surface area contributed by atoms with E-state index in [1.165, 1.54) is 11.3 Å². The number of hydrogen-bond acceptors (Lipinski definition) is 3. The minimum Gasteiger partial charge on any atom is -0.394 e. The van der Waals surface area contributed by atoms with Crippen molar-refractivity contribution in [2.45, 2.75) is 59.0 Å². The summed E-state index contributed by atoms with van der Waals surface area (Å²) in [5, 5.41) is 13.1. The van der Waals surface area contributed by atoms with Gasteiger partial charge in [0.1, 0.15) is 0 Å². The third-order valence-electron chi connectivity index (χ3n) is 3.98. The van der Waals surface area contributed by atoms with E-state index in [2.05, 4.69) is 69.1 Å². The van der Waals surface area contributed by atoms with E-state index < -0.39 is 0 Å². The molecule has 0 aliphatic carbocycles. The second-order valence-electron chi connectivity index (χ2n) is 6.49. The van der Waals surface area contributed by atoms with Crippen molar-refractivity contribution in [3.8, 4) is 0 Å². The lowest BCUT2D eigenvalue weighted by Crippen LogP contribution is -2.49. The maximum atomic E-state index is 9.64. The number of nitrogens with one attached hydrogen (secondary N) is 1. The standard InChI is InChI=1S/C18H32N2O/c1-6-20(17-11-8-7-10-16(17)4)13-9-12-18(5,14-21)19-15(2)3/h7-8,10-11,15,19,21H,6,9,12-14H2,1-5H3. The van der Waals surface area contributed by atoms with Crippen LogP contribution in [0.25, 0.3) is 0 Å². The van der Waals surface area contributed by atoms with Gasteiger partial charge < -0.3 is 15.3 Å². The molecule has 1 aromatic rings. The molecule has 120 valence electrons. The monoisotopic (exact) mass is 292 g/mol. The highest BCUT2D eigenvalue weighted by Crippen LogP contribution is 2.21. The Balaban J connectivity index is 2.58. The fourth-order valence-corrected chi connectivity index (χ4v) is 2.92. The van der Waals surface area contributed by atoms with Crippen molar-refractivity contribution in [1.29, 1.82) is 0 Å². The summed E-state index contributed by atoms with van der Waals surface area (Å²) in [4.78, 5) is 2.42. The molecule has 21 heavy (non-hydrogen) atoms. The topological polar surface area (TPSA) is 35.5 Å². The van der Waals surface area contributed by atoms with Crippen molar-refractivity contribution in [1.82, 2.24) is 5.32 Å². The van der Waals surface area contributed by atoms with Crippen LogP contribution >= 0.6 is 0 Å². The van der Waals surface area contributed by atoms with E-state index >= 15 is 0 Å². The summed E-state index contributed by atoms with van der Waals surface area (Å²) in [5.41, 5.74) is 2.46. The van der Waals surface area contributed by atoms with Crippen LogP contribution in [0.2, 0.25) is 0 Å². The van der Waals surface area contributed by atoms with Crippen LogP contribution in [0.15, 0.2) is 24.3 Å². The van der Waals surface area contributed by atoms with Gasteiger partial charge in [0.2, 0.25) is 0 Å². The molecule has 0 aromatic heterocycles. The Kier molecular flexibility index (Phi) is 7.20. The molecule has 0 fully saturated rings. The van der Waals surface area contributed by atoms with E-state index in [1.807, 2.05) is 0 Å². The molecule has 3 nitrogen and oxygen atoms in total. The molecule has 0 amide bonds. The molecule has 3 heteroatoms. The van der Waals surface area contributed by atoms with Crippen molar-refractivity contribution in [3.05, 3.63) is 29.8 Å². The maximum absolute atomic E-state index is 9.64. The number of aliphatic hydroxyl groups excluding tert-OH is 1.